The van der Waals surface area contributed by atoms with Crippen LogP contribution in [0.2, 0.25) is 0 Å². The van der Waals surface area contributed by atoms with Crippen molar-refractivity contribution in [2.75, 3.05) is 38.9 Å². The fourth-order valence-corrected chi connectivity index (χ4v) is 1.18. The third kappa shape index (κ3) is 5.89. The summed E-state index contributed by atoms with van der Waals surface area (Å²) in [5.74, 6) is 0.747. The Balaban J connectivity index is 2.16. The van der Waals surface area contributed by atoms with Gasteiger partial charge in [0, 0.05) is 12.8 Å². The predicted octanol–water partition coefficient (Wildman–Crippen LogP) is 1.30. The van der Waals surface area contributed by atoms with Crippen LogP contribution in [0.15, 0.2) is 24.3 Å². The van der Waals surface area contributed by atoms with Gasteiger partial charge in [0.25, 0.3) is 0 Å². The van der Waals surface area contributed by atoms with E-state index in [4.69, 9.17) is 14.2 Å². The van der Waals surface area contributed by atoms with Crippen LogP contribution in [0.4, 0.5) is 5.69 Å². The zero-order valence-corrected chi connectivity index (χ0v) is 9.85. The number of benzene rings is 1. The summed E-state index contributed by atoms with van der Waals surface area (Å²) in [5, 5.41) is 2.55. The maximum atomic E-state index is 10.2. The molecule has 0 saturated carbocycles. The second kappa shape index (κ2) is 8.55. The van der Waals surface area contributed by atoms with Crippen molar-refractivity contribution < 1.29 is 19.0 Å². The number of carbonyl (C=O) groups excluding carboxylic acids is 1. The summed E-state index contributed by atoms with van der Waals surface area (Å²) in [7, 11) is 1.63. The van der Waals surface area contributed by atoms with Gasteiger partial charge in [-0.15, -0.1) is 0 Å². The first kappa shape index (κ1) is 13.5. The maximum Gasteiger partial charge on any atom is 0.211 e. The van der Waals surface area contributed by atoms with Crippen LogP contribution in [0.1, 0.15) is 0 Å². The summed E-state index contributed by atoms with van der Waals surface area (Å²) in [5.41, 5.74) is 0.740. The van der Waals surface area contributed by atoms with Gasteiger partial charge in [0.2, 0.25) is 6.41 Å². The van der Waals surface area contributed by atoms with Crippen molar-refractivity contribution in [2.24, 2.45) is 0 Å². The van der Waals surface area contributed by atoms with Crippen LogP contribution in [0.25, 0.3) is 0 Å². The third-order valence-electron chi connectivity index (χ3n) is 2.01. The molecular formula is C12H17NO4. The van der Waals surface area contributed by atoms with Crippen molar-refractivity contribution in [1.29, 1.82) is 0 Å². The van der Waals surface area contributed by atoms with Gasteiger partial charge < -0.3 is 19.5 Å². The second-order valence-electron chi connectivity index (χ2n) is 3.24. The topological polar surface area (TPSA) is 56.8 Å². The SMILES string of the molecule is COCCOCCOc1ccc(NC=O)cc1. The number of hydrogen-bond acceptors (Lipinski definition) is 4. The Bertz CT molecular complexity index is 313. The van der Waals surface area contributed by atoms with Gasteiger partial charge in [-0.25, -0.2) is 0 Å². The molecule has 0 heterocycles. The molecule has 1 rings (SSSR count). The molecule has 0 aliphatic heterocycles. The monoisotopic (exact) mass is 239 g/mol. The van der Waals surface area contributed by atoms with Gasteiger partial charge in [0.15, 0.2) is 0 Å². The molecule has 0 spiro atoms. The Hall–Kier alpha value is -1.59. The number of nitrogens with one attached hydrogen (secondary N) is 1. The van der Waals surface area contributed by atoms with E-state index in [0.717, 1.165) is 11.4 Å². The number of rotatable bonds is 9. The molecule has 0 aliphatic rings. The van der Waals surface area contributed by atoms with Crippen LogP contribution in [-0.4, -0.2) is 39.9 Å². The highest BCUT2D eigenvalue weighted by molar-refractivity contribution is 5.71. The Morgan fingerprint density at radius 1 is 1.12 bits per heavy atom. The molecule has 0 fully saturated rings. The van der Waals surface area contributed by atoms with E-state index in [-0.39, 0.29) is 0 Å². The zero-order valence-electron chi connectivity index (χ0n) is 9.85. The summed E-state index contributed by atoms with van der Waals surface area (Å²) < 4.78 is 15.5. The third-order valence-corrected chi connectivity index (χ3v) is 2.01. The largest absolute Gasteiger partial charge is 0.491 e. The van der Waals surface area contributed by atoms with Gasteiger partial charge >= 0.3 is 0 Å². The first-order valence-electron chi connectivity index (χ1n) is 5.36. The number of ether oxygens (including phenoxy) is 3. The minimum atomic E-state index is 0.490. The summed E-state index contributed by atoms with van der Waals surface area (Å²) in [6.07, 6.45) is 0.638. The molecule has 94 valence electrons. The van der Waals surface area contributed by atoms with E-state index < -0.39 is 0 Å². The highest BCUT2D eigenvalue weighted by Gasteiger charge is 1.95. The Morgan fingerprint density at radius 3 is 2.47 bits per heavy atom. The molecule has 0 atom stereocenters. The van der Waals surface area contributed by atoms with Gasteiger partial charge in [0.05, 0.1) is 19.8 Å². The van der Waals surface area contributed by atoms with Crippen molar-refractivity contribution in [1.82, 2.24) is 0 Å². The van der Waals surface area contributed by atoms with E-state index >= 15 is 0 Å². The van der Waals surface area contributed by atoms with E-state index in [9.17, 15) is 4.79 Å². The van der Waals surface area contributed by atoms with E-state index in [1.54, 1.807) is 31.4 Å². The Kier molecular flexibility index (Phi) is 6.78. The molecule has 17 heavy (non-hydrogen) atoms. The molecule has 0 aliphatic carbocycles. The first-order valence-corrected chi connectivity index (χ1v) is 5.36. The molecule has 0 saturated heterocycles. The predicted molar refractivity (Wildman–Crippen MR) is 64.3 cm³/mol. The molecule has 1 aromatic carbocycles. The molecule has 0 unspecified atom stereocenters. The first-order chi connectivity index (χ1) is 8.36. The van der Waals surface area contributed by atoms with Crippen molar-refractivity contribution in [3.8, 4) is 5.75 Å². The lowest BCUT2D eigenvalue weighted by atomic mass is 10.3. The minimum absolute atomic E-state index is 0.490. The quantitative estimate of drug-likeness (QED) is 0.521. The van der Waals surface area contributed by atoms with Crippen LogP contribution in [-0.2, 0) is 14.3 Å². The normalized spacial score (nSPS) is 9.94. The highest BCUT2D eigenvalue weighted by Crippen LogP contribution is 2.14. The van der Waals surface area contributed by atoms with Crippen molar-refractivity contribution in [3.63, 3.8) is 0 Å². The lowest BCUT2D eigenvalue weighted by molar-refractivity contribution is -0.105. The highest BCUT2D eigenvalue weighted by atomic mass is 16.5. The lowest BCUT2D eigenvalue weighted by Crippen LogP contribution is -2.09. The van der Waals surface area contributed by atoms with E-state index in [0.29, 0.717) is 32.8 Å². The summed E-state index contributed by atoms with van der Waals surface area (Å²) in [6, 6.07) is 7.13. The molecule has 1 N–H and O–H groups in total. The van der Waals surface area contributed by atoms with Crippen molar-refractivity contribution >= 4 is 12.1 Å². The molecule has 1 aromatic rings. The van der Waals surface area contributed by atoms with Gasteiger partial charge in [0.1, 0.15) is 12.4 Å². The summed E-state index contributed by atoms with van der Waals surface area (Å²) >= 11 is 0. The van der Waals surface area contributed by atoms with Crippen LogP contribution >= 0.6 is 0 Å². The standard InChI is InChI=1S/C12H17NO4/c1-15-6-7-16-8-9-17-12-4-2-11(3-5-12)13-10-14/h2-5,10H,6-9H2,1H3,(H,13,14). The van der Waals surface area contributed by atoms with Crippen LogP contribution < -0.4 is 10.1 Å². The smallest absolute Gasteiger partial charge is 0.211 e. The molecule has 0 radical (unpaired) electrons. The van der Waals surface area contributed by atoms with E-state index in [2.05, 4.69) is 5.32 Å². The van der Waals surface area contributed by atoms with Crippen LogP contribution in [0.5, 0.6) is 5.75 Å². The lowest BCUT2D eigenvalue weighted by Gasteiger charge is -2.07. The fraction of sp³-hybridized carbons (Fsp3) is 0.417. The van der Waals surface area contributed by atoms with E-state index in [1.807, 2.05) is 0 Å². The Morgan fingerprint density at radius 2 is 1.82 bits per heavy atom. The van der Waals surface area contributed by atoms with E-state index in [1.165, 1.54) is 0 Å². The van der Waals surface area contributed by atoms with Crippen molar-refractivity contribution in [2.45, 2.75) is 0 Å². The summed E-state index contributed by atoms with van der Waals surface area (Å²) in [4.78, 5) is 10.2. The molecular weight excluding hydrogens is 222 g/mol. The number of carbonyl (C=O) groups is 1. The molecule has 0 aromatic heterocycles. The zero-order chi connectivity index (χ0) is 12.3. The maximum absolute atomic E-state index is 10.2. The minimum Gasteiger partial charge on any atom is -0.491 e. The Labute approximate surface area is 101 Å². The molecule has 1 amide bonds. The number of hydrogen-bond donors (Lipinski definition) is 1. The van der Waals surface area contributed by atoms with Gasteiger partial charge in [-0.2, -0.15) is 0 Å². The summed E-state index contributed by atoms with van der Waals surface area (Å²) in [6.45, 7) is 2.18. The van der Waals surface area contributed by atoms with Crippen LogP contribution in [0, 0.1) is 0 Å². The van der Waals surface area contributed by atoms with Gasteiger partial charge in [-0.3, -0.25) is 4.79 Å². The second-order valence-corrected chi connectivity index (χ2v) is 3.24. The molecule has 5 nitrogen and oxygen atoms in total. The number of anilines is 1. The van der Waals surface area contributed by atoms with Gasteiger partial charge in [-0.05, 0) is 24.3 Å². The molecule has 0 bridgehead atoms. The average molecular weight is 239 g/mol. The van der Waals surface area contributed by atoms with Crippen molar-refractivity contribution in [3.05, 3.63) is 24.3 Å². The number of amides is 1. The van der Waals surface area contributed by atoms with Gasteiger partial charge in [-0.1, -0.05) is 0 Å². The fourth-order valence-electron chi connectivity index (χ4n) is 1.18. The van der Waals surface area contributed by atoms with Crippen LogP contribution in [0.3, 0.4) is 0 Å². The molecule has 5 heteroatoms. The average Bonchev–Trinajstić information content (AvgIpc) is 2.36. The number of methoxy groups -OCH3 is 1.